The number of hydrogen-bond donors (Lipinski definition) is 2. The first-order valence-electron chi connectivity index (χ1n) is 5.69. The van der Waals surface area contributed by atoms with Crippen LogP contribution in [0.5, 0.6) is 0 Å². The zero-order chi connectivity index (χ0) is 11.9. The zero-order valence-corrected chi connectivity index (χ0v) is 10.7. The molecule has 2 aromatic rings. The van der Waals surface area contributed by atoms with E-state index < -0.39 is 6.10 Å². The Morgan fingerprint density at radius 3 is 2.39 bits per heavy atom. The Morgan fingerprint density at radius 2 is 1.72 bits per heavy atom. The first-order chi connectivity index (χ1) is 8.36. The molecular weight excluding hydrogens is 248 g/mol. The summed E-state index contributed by atoms with van der Waals surface area (Å²) in [5.74, 6) is 0. The van der Waals surface area contributed by atoms with Gasteiger partial charge in [-0.15, -0.1) is 0 Å². The van der Waals surface area contributed by atoms with Crippen LogP contribution >= 0.6 is 0 Å². The fourth-order valence-corrected chi connectivity index (χ4v) is 1.65. The van der Waals surface area contributed by atoms with Crippen LogP contribution in [0, 0.1) is 0 Å². The van der Waals surface area contributed by atoms with Gasteiger partial charge in [0.05, 0.1) is 6.10 Å². The van der Waals surface area contributed by atoms with Crippen molar-refractivity contribution in [1.29, 1.82) is 0 Å². The molecule has 1 heterocycles. The fourth-order valence-electron chi connectivity index (χ4n) is 1.65. The molecule has 0 aliphatic carbocycles. The van der Waals surface area contributed by atoms with E-state index in [9.17, 15) is 5.11 Å². The number of pyridine rings is 1. The Balaban J connectivity index is 0.00000162. The van der Waals surface area contributed by atoms with Crippen LogP contribution in [-0.2, 0) is 6.54 Å². The Morgan fingerprint density at radius 1 is 1.06 bits per heavy atom. The maximum atomic E-state index is 9.92. The summed E-state index contributed by atoms with van der Waals surface area (Å²) in [6, 6.07) is 13.6. The van der Waals surface area contributed by atoms with E-state index in [0.29, 0.717) is 6.54 Å². The van der Waals surface area contributed by atoms with Crippen molar-refractivity contribution < 1.29 is 17.5 Å². The van der Waals surface area contributed by atoms with Gasteiger partial charge in [-0.25, -0.2) is 0 Å². The molecule has 0 radical (unpaired) electrons. The lowest BCUT2D eigenvalue weighted by molar-refractivity contribution is -0.00000521. The lowest BCUT2D eigenvalue weighted by atomic mass is 10.1. The molecule has 2 N–H and O–H groups in total. The Bertz CT molecular complexity index is 436. The number of hydrogen-bond acceptors (Lipinski definition) is 3. The van der Waals surface area contributed by atoms with Crippen LogP contribution in [0.1, 0.15) is 17.2 Å². The molecule has 0 saturated carbocycles. The SMILES string of the molecule is OC(CNCc1ccncc1)c1ccccc1.[Cl-]. The highest BCUT2D eigenvalue weighted by atomic mass is 35.5. The molecule has 0 aliphatic rings. The van der Waals surface area contributed by atoms with Gasteiger partial charge in [-0.1, -0.05) is 30.3 Å². The third-order valence-corrected chi connectivity index (χ3v) is 2.60. The fraction of sp³-hybridized carbons (Fsp3) is 0.214. The predicted molar refractivity (Wildman–Crippen MR) is 67.3 cm³/mol. The highest BCUT2D eigenvalue weighted by Gasteiger charge is 2.05. The average molecular weight is 264 g/mol. The molecule has 0 saturated heterocycles. The minimum Gasteiger partial charge on any atom is -1.00 e. The van der Waals surface area contributed by atoms with E-state index in [4.69, 9.17) is 0 Å². The molecule has 0 amide bonds. The van der Waals surface area contributed by atoms with Gasteiger partial charge >= 0.3 is 0 Å². The van der Waals surface area contributed by atoms with Crippen LogP contribution in [-0.4, -0.2) is 16.6 Å². The molecule has 1 atom stereocenters. The van der Waals surface area contributed by atoms with Gasteiger partial charge in [0.25, 0.3) is 0 Å². The smallest absolute Gasteiger partial charge is 0.0914 e. The second-order valence-electron chi connectivity index (χ2n) is 3.91. The molecule has 96 valence electrons. The molecule has 2 rings (SSSR count). The van der Waals surface area contributed by atoms with Crippen molar-refractivity contribution >= 4 is 0 Å². The standard InChI is InChI=1S/C14H16N2O.ClH/c17-14(13-4-2-1-3-5-13)11-16-10-12-6-8-15-9-7-12;/h1-9,14,16-17H,10-11H2;1H/p-1. The minimum atomic E-state index is -0.460. The summed E-state index contributed by atoms with van der Waals surface area (Å²) in [7, 11) is 0. The van der Waals surface area contributed by atoms with Gasteiger partial charge in [0, 0.05) is 25.5 Å². The van der Waals surface area contributed by atoms with Crippen molar-refractivity contribution in [3.05, 3.63) is 66.0 Å². The number of benzene rings is 1. The number of nitrogens with one attached hydrogen (secondary N) is 1. The molecule has 1 unspecified atom stereocenters. The van der Waals surface area contributed by atoms with Crippen molar-refractivity contribution in [2.75, 3.05) is 6.54 Å². The van der Waals surface area contributed by atoms with E-state index in [0.717, 1.165) is 12.1 Å². The van der Waals surface area contributed by atoms with Gasteiger partial charge in [-0.2, -0.15) is 0 Å². The van der Waals surface area contributed by atoms with E-state index in [1.807, 2.05) is 42.5 Å². The van der Waals surface area contributed by atoms with Crippen LogP contribution in [0.3, 0.4) is 0 Å². The topological polar surface area (TPSA) is 45.1 Å². The summed E-state index contributed by atoms with van der Waals surface area (Å²) < 4.78 is 0. The average Bonchev–Trinajstić information content (AvgIpc) is 2.41. The summed E-state index contributed by atoms with van der Waals surface area (Å²) in [5, 5.41) is 13.1. The van der Waals surface area contributed by atoms with E-state index in [2.05, 4.69) is 10.3 Å². The van der Waals surface area contributed by atoms with E-state index in [1.54, 1.807) is 12.4 Å². The molecule has 0 fully saturated rings. The molecule has 1 aromatic heterocycles. The molecule has 18 heavy (non-hydrogen) atoms. The van der Waals surface area contributed by atoms with Crippen LogP contribution in [0.2, 0.25) is 0 Å². The summed E-state index contributed by atoms with van der Waals surface area (Å²) in [4.78, 5) is 3.96. The first-order valence-corrected chi connectivity index (χ1v) is 5.69. The minimum absolute atomic E-state index is 0. The molecule has 0 bridgehead atoms. The van der Waals surface area contributed by atoms with Crippen LogP contribution in [0.4, 0.5) is 0 Å². The molecule has 0 spiro atoms. The molecule has 3 nitrogen and oxygen atoms in total. The first kappa shape index (κ1) is 14.6. The summed E-state index contributed by atoms with van der Waals surface area (Å²) >= 11 is 0. The van der Waals surface area contributed by atoms with Gasteiger partial charge in [0.2, 0.25) is 0 Å². The predicted octanol–water partition coefficient (Wildman–Crippen LogP) is -1.09. The highest BCUT2D eigenvalue weighted by Crippen LogP contribution is 2.10. The van der Waals surface area contributed by atoms with Crippen molar-refractivity contribution in [3.63, 3.8) is 0 Å². The second kappa shape index (κ2) is 7.82. The number of nitrogens with zero attached hydrogens (tertiary/aromatic N) is 1. The Hall–Kier alpha value is -1.42. The van der Waals surface area contributed by atoms with E-state index >= 15 is 0 Å². The quantitative estimate of drug-likeness (QED) is 0.721. The van der Waals surface area contributed by atoms with Crippen molar-refractivity contribution in [2.24, 2.45) is 0 Å². The molecule has 1 aromatic carbocycles. The summed E-state index contributed by atoms with van der Waals surface area (Å²) in [6.45, 7) is 1.29. The number of aromatic nitrogens is 1. The Labute approximate surface area is 113 Å². The lowest BCUT2D eigenvalue weighted by Crippen LogP contribution is -3.00. The molecular formula is C14H16ClN2O-. The van der Waals surface area contributed by atoms with Gasteiger partial charge in [0.1, 0.15) is 0 Å². The molecule has 4 heteroatoms. The second-order valence-corrected chi connectivity index (χ2v) is 3.91. The summed E-state index contributed by atoms with van der Waals surface area (Å²) in [6.07, 6.45) is 3.08. The van der Waals surface area contributed by atoms with Crippen LogP contribution < -0.4 is 17.7 Å². The van der Waals surface area contributed by atoms with Crippen LogP contribution in [0.15, 0.2) is 54.9 Å². The zero-order valence-electron chi connectivity index (χ0n) is 9.96. The Kier molecular flexibility index (Phi) is 6.36. The van der Waals surface area contributed by atoms with Crippen molar-refractivity contribution in [3.8, 4) is 0 Å². The van der Waals surface area contributed by atoms with E-state index in [1.165, 1.54) is 5.56 Å². The van der Waals surface area contributed by atoms with Crippen molar-refractivity contribution in [1.82, 2.24) is 10.3 Å². The van der Waals surface area contributed by atoms with E-state index in [-0.39, 0.29) is 12.4 Å². The van der Waals surface area contributed by atoms with Gasteiger partial charge in [0.15, 0.2) is 0 Å². The van der Waals surface area contributed by atoms with Gasteiger partial charge < -0.3 is 22.8 Å². The van der Waals surface area contributed by atoms with Gasteiger partial charge in [-0.05, 0) is 23.3 Å². The highest BCUT2D eigenvalue weighted by molar-refractivity contribution is 5.17. The van der Waals surface area contributed by atoms with Crippen molar-refractivity contribution in [2.45, 2.75) is 12.6 Å². The van der Waals surface area contributed by atoms with Crippen LogP contribution in [0.25, 0.3) is 0 Å². The third kappa shape index (κ3) is 4.45. The number of halogens is 1. The molecule has 0 aliphatic heterocycles. The number of rotatable bonds is 5. The van der Waals surface area contributed by atoms with Gasteiger partial charge in [-0.3, -0.25) is 4.98 Å². The normalized spacial score (nSPS) is 11.6. The third-order valence-electron chi connectivity index (χ3n) is 2.60. The number of aliphatic hydroxyl groups excluding tert-OH is 1. The maximum absolute atomic E-state index is 9.92. The summed E-state index contributed by atoms with van der Waals surface area (Å²) in [5.41, 5.74) is 2.11. The largest absolute Gasteiger partial charge is 1.00 e. The monoisotopic (exact) mass is 263 g/mol. The lowest BCUT2D eigenvalue weighted by Gasteiger charge is -2.12. The number of aliphatic hydroxyl groups is 1. The maximum Gasteiger partial charge on any atom is 0.0914 e.